The van der Waals surface area contributed by atoms with Gasteiger partial charge in [-0.2, -0.15) is 0 Å². The van der Waals surface area contributed by atoms with Crippen LogP contribution in [0.4, 0.5) is 0 Å². The number of carbonyl (C=O) groups is 2. The first-order valence-electron chi connectivity index (χ1n) is 18.0. The summed E-state index contributed by atoms with van der Waals surface area (Å²) < 4.78 is 10.3. The van der Waals surface area contributed by atoms with Crippen LogP contribution in [0.15, 0.2) is 104 Å². The number of methoxy groups -OCH3 is 2. The molecule has 1 aliphatic rings. The van der Waals surface area contributed by atoms with Crippen LogP contribution in [0.5, 0.6) is 0 Å². The van der Waals surface area contributed by atoms with Crippen molar-refractivity contribution < 1.29 is 19.1 Å². The second-order valence-corrected chi connectivity index (χ2v) is 13.8. The zero-order valence-corrected chi connectivity index (χ0v) is 32.4. The molecule has 1 rings (SSSR count). The Morgan fingerprint density at radius 3 is 1.19 bits per heavy atom. The monoisotopic (exact) mass is 658 g/mol. The Balaban J connectivity index is 2.38. The van der Waals surface area contributed by atoms with Crippen molar-refractivity contribution in [1.29, 1.82) is 0 Å². The summed E-state index contributed by atoms with van der Waals surface area (Å²) in [6.45, 7) is 19.4. The molecule has 0 amide bonds. The molecule has 0 aliphatic heterocycles. The molecule has 0 N–H and O–H groups in total. The highest BCUT2D eigenvalue weighted by Gasteiger charge is 2.34. The number of ether oxygens (including phenoxy) is 2. The maximum absolute atomic E-state index is 12.9. The van der Waals surface area contributed by atoms with Crippen molar-refractivity contribution in [2.24, 2.45) is 0 Å². The van der Waals surface area contributed by atoms with Crippen LogP contribution in [0.25, 0.3) is 0 Å². The summed E-state index contributed by atoms with van der Waals surface area (Å²) >= 11 is 0. The Labute approximate surface area is 294 Å². The van der Waals surface area contributed by atoms with E-state index in [0.29, 0.717) is 17.6 Å². The Morgan fingerprint density at radius 1 is 0.479 bits per heavy atom. The molecule has 0 fully saturated rings. The van der Waals surface area contributed by atoms with E-state index in [1.54, 1.807) is 6.92 Å². The topological polar surface area (TPSA) is 52.6 Å². The SMILES string of the molecule is COC1=C(OC)C(=O)C(CCC(C)=CC/C=C(\C)CC/C=C(\C)CCC=C(C)CC/C=C(\C)CC/C=C(\C)CCC=C(C)C)=C(C)C1=O. The molecule has 0 saturated heterocycles. The van der Waals surface area contributed by atoms with Crippen LogP contribution in [-0.2, 0) is 19.1 Å². The first kappa shape index (κ1) is 42.6. The van der Waals surface area contributed by atoms with Crippen molar-refractivity contribution in [1.82, 2.24) is 0 Å². The van der Waals surface area contributed by atoms with Crippen molar-refractivity contribution >= 4 is 11.6 Å². The van der Waals surface area contributed by atoms with E-state index in [1.807, 2.05) is 0 Å². The zero-order valence-electron chi connectivity index (χ0n) is 32.4. The van der Waals surface area contributed by atoms with Crippen molar-refractivity contribution in [3.8, 4) is 0 Å². The second kappa shape index (κ2) is 23.8. The van der Waals surface area contributed by atoms with Gasteiger partial charge in [0.15, 0.2) is 0 Å². The molecule has 0 unspecified atom stereocenters. The Morgan fingerprint density at radius 2 is 0.812 bits per heavy atom. The van der Waals surface area contributed by atoms with Gasteiger partial charge in [0.25, 0.3) is 0 Å². The molecule has 0 radical (unpaired) electrons. The van der Waals surface area contributed by atoms with E-state index < -0.39 is 0 Å². The average molecular weight is 659 g/mol. The molecule has 4 nitrogen and oxygen atoms in total. The number of carbonyl (C=O) groups excluding carboxylic acids is 2. The van der Waals surface area contributed by atoms with Gasteiger partial charge in [0.2, 0.25) is 23.1 Å². The molecular formula is C44H66O4. The van der Waals surface area contributed by atoms with E-state index >= 15 is 0 Å². The predicted molar refractivity (Wildman–Crippen MR) is 206 cm³/mol. The summed E-state index contributed by atoms with van der Waals surface area (Å²) in [5.41, 5.74) is 10.9. The molecule has 266 valence electrons. The third-order valence-corrected chi connectivity index (χ3v) is 9.01. The summed E-state index contributed by atoms with van der Waals surface area (Å²) in [7, 11) is 2.78. The van der Waals surface area contributed by atoms with Gasteiger partial charge in [-0.1, -0.05) is 81.5 Å². The van der Waals surface area contributed by atoms with Gasteiger partial charge in [0.1, 0.15) is 0 Å². The molecule has 0 saturated carbocycles. The minimum atomic E-state index is -0.273. The number of ketones is 2. The van der Waals surface area contributed by atoms with Crippen LogP contribution < -0.4 is 0 Å². The number of Topliss-reactive ketones (excluding diaryl/α,β-unsaturated/α-hetero) is 2. The maximum atomic E-state index is 12.9. The van der Waals surface area contributed by atoms with Crippen molar-refractivity contribution in [3.63, 3.8) is 0 Å². The fraction of sp³-hybridized carbons (Fsp3) is 0.545. The molecule has 0 bridgehead atoms. The van der Waals surface area contributed by atoms with Crippen LogP contribution in [-0.4, -0.2) is 25.8 Å². The number of allylic oxidation sites excluding steroid dienone is 16. The fourth-order valence-corrected chi connectivity index (χ4v) is 5.66. The van der Waals surface area contributed by atoms with Gasteiger partial charge in [-0.05, 0) is 146 Å². The largest absolute Gasteiger partial charge is 0.489 e. The lowest BCUT2D eigenvalue weighted by atomic mass is 9.89. The first-order valence-corrected chi connectivity index (χ1v) is 18.0. The number of rotatable bonds is 22. The van der Waals surface area contributed by atoms with Crippen LogP contribution >= 0.6 is 0 Å². The highest BCUT2D eigenvalue weighted by molar-refractivity contribution is 6.23. The standard InChI is InChI=1S/C44H66O4/c1-32(2)18-12-19-33(3)20-13-21-34(4)22-14-23-35(5)24-15-25-36(6)26-16-27-37(7)28-17-29-38(8)30-31-40-39(9)41(45)43(47-10)44(48-11)42(40)46/h18,20,22,24,26,28-29H,12-17,19,21,23,25,27,30-31H2,1-11H3/b33-20+,34-22+,35-24?,36-26+,37-28+,38-29?. The zero-order chi connectivity index (χ0) is 36.1. The van der Waals surface area contributed by atoms with E-state index in [1.165, 1.54) is 59.7 Å². The van der Waals surface area contributed by atoms with Gasteiger partial charge in [-0.15, -0.1) is 0 Å². The summed E-state index contributed by atoms with van der Waals surface area (Å²) in [4.78, 5) is 25.4. The minimum Gasteiger partial charge on any atom is -0.489 e. The first-order chi connectivity index (χ1) is 22.8. The van der Waals surface area contributed by atoms with Crippen molar-refractivity contribution in [3.05, 3.63) is 104 Å². The third kappa shape index (κ3) is 17.1. The molecule has 0 spiro atoms. The Bertz CT molecular complexity index is 1360. The van der Waals surface area contributed by atoms with Gasteiger partial charge in [0, 0.05) is 11.1 Å². The Hall–Kier alpha value is -3.40. The minimum absolute atomic E-state index is 0.00357. The lowest BCUT2D eigenvalue weighted by Gasteiger charge is -2.20. The van der Waals surface area contributed by atoms with Gasteiger partial charge in [-0.25, -0.2) is 0 Å². The second-order valence-electron chi connectivity index (χ2n) is 13.8. The molecule has 0 atom stereocenters. The van der Waals surface area contributed by atoms with Crippen LogP contribution in [0, 0.1) is 0 Å². The number of hydrogen-bond acceptors (Lipinski definition) is 4. The fourth-order valence-electron chi connectivity index (χ4n) is 5.66. The molecule has 0 aromatic carbocycles. The van der Waals surface area contributed by atoms with Crippen molar-refractivity contribution in [2.75, 3.05) is 14.2 Å². The molecule has 48 heavy (non-hydrogen) atoms. The maximum Gasteiger partial charge on any atom is 0.228 e. The van der Waals surface area contributed by atoms with Gasteiger partial charge >= 0.3 is 0 Å². The highest BCUT2D eigenvalue weighted by Crippen LogP contribution is 2.29. The van der Waals surface area contributed by atoms with E-state index in [-0.39, 0.29) is 23.1 Å². The highest BCUT2D eigenvalue weighted by atomic mass is 16.5. The van der Waals surface area contributed by atoms with Crippen LogP contribution in [0.1, 0.15) is 146 Å². The van der Waals surface area contributed by atoms with E-state index in [0.717, 1.165) is 70.6 Å². The van der Waals surface area contributed by atoms with E-state index in [4.69, 9.17) is 9.47 Å². The molecule has 0 aromatic rings. The summed E-state index contributed by atoms with van der Waals surface area (Å²) in [6, 6.07) is 0. The van der Waals surface area contributed by atoms with Crippen LogP contribution in [0.2, 0.25) is 0 Å². The average Bonchev–Trinajstić information content (AvgIpc) is 3.02. The van der Waals surface area contributed by atoms with Gasteiger partial charge < -0.3 is 9.47 Å². The molecule has 4 heteroatoms. The summed E-state index contributed by atoms with van der Waals surface area (Å²) in [6.07, 6.45) is 29.9. The molecular weight excluding hydrogens is 592 g/mol. The van der Waals surface area contributed by atoms with E-state index in [2.05, 4.69) is 97.9 Å². The lowest BCUT2D eigenvalue weighted by Crippen LogP contribution is -2.25. The van der Waals surface area contributed by atoms with Crippen molar-refractivity contribution in [2.45, 2.75) is 146 Å². The lowest BCUT2D eigenvalue weighted by molar-refractivity contribution is -0.121. The van der Waals surface area contributed by atoms with Crippen LogP contribution in [0.3, 0.4) is 0 Å². The third-order valence-electron chi connectivity index (χ3n) is 9.01. The number of hydrogen-bond donors (Lipinski definition) is 0. The molecule has 1 aliphatic carbocycles. The van der Waals surface area contributed by atoms with Gasteiger partial charge in [0.05, 0.1) is 14.2 Å². The predicted octanol–water partition coefficient (Wildman–Crippen LogP) is 12.7. The van der Waals surface area contributed by atoms with Gasteiger partial charge in [-0.3, -0.25) is 9.59 Å². The Kier molecular flexibility index (Phi) is 21.2. The smallest absolute Gasteiger partial charge is 0.228 e. The summed E-state index contributed by atoms with van der Waals surface area (Å²) in [5.74, 6) is -0.527. The quantitative estimate of drug-likeness (QED) is 0.0858. The van der Waals surface area contributed by atoms with E-state index in [9.17, 15) is 9.59 Å². The summed E-state index contributed by atoms with van der Waals surface area (Å²) in [5, 5.41) is 0. The molecule has 0 heterocycles. The molecule has 0 aromatic heterocycles. The normalized spacial score (nSPS) is 15.9.